The zero-order chi connectivity index (χ0) is 24.6. The summed E-state index contributed by atoms with van der Waals surface area (Å²) in [6.07, 6.45) is -4.44. The number of aryl methyl sites for hydroxylation is 1. The molecule has 1 aliphatic rings. The maximum atomic E-state index is 13.1. The first kappa shape index (κ1) is 24.0. The zero-order valence-corrected chi connectivity index (χ0v) is 19.7. The molecule has 0 saturated carbocycles. The summed E-state index contributed by atoms with van der Waals surface area (Å²) in [6, 6.07) is 7.10. The summed E-state index contributed by atoms with van der Waals surface area (Å²) in [5.41, 5.74) is 2.28. The van der Waals surface area contributed by atoms with Crippen molar-refractivity contribution in [1.29, 1.82) is 0 Å². The van der Waals surface area contributed by atoms with Gasteiger partial charge in [0.1, 0.15) is 0 Å². The number of hydrogen-bond donors (Lipinski definition) is 0. The van der Waals surface area contributed by atoms with Crippen molar-refractivity contribution in [2.45, 2.75) is 46.5 Å². The molecule has 0 unspecified atom stereocenters. The molecule has 1 saturated heterocycles. The van der Waals surface area contributed by atoms with E-state index in [-0.39, 0.29) is 23.3 Å². The number of amides is 1. The van der Waals surface area contributed by atoms with Crippen LogP contribution in [0.4, 0.5) is 13.2 Å². The first-order chi connectivity index (χ1) is 16.0. The molecule has 1 amide bonds. The predicted octanol–water partition coefficient (Wildman–Crippen LogP) is 4.71. The summed E-state index contributed by atoms with van der Waals surface area (Å²) in [5, 5.41) is 3.85. The highest BCUT2D eigenvalue weighted by Gasteiger charge is 2.31. The van der Waals surface area contributed by atoms with Gasteiger partial charge >= 0.3 is 6.18 Å². The first-order valence-electron chi connectivity index (χ1n) is 11.2. The van der Waals surface area contributed by atoms with Crippen molar-refractivity contribution in [2.75, 3.05) is 26.2 Å². The Labute approximate surface area is 196 Å². The summed E-state index contributed by atoms with van der Waals surface area (Å²) < 4.78 is 46.4. The molecule has 1 fully saturated rings. The molecule has 3 heterocycles. The SMILES string of the molecule is Cc1cc(C(=O)N2CCN(Cc3nc(-c4cccc(C(F)(F)F)c4)no3)CC2)c(C)n1C(C)C. The molecule has 182 valence electrons. The van der Waals surface area contributed by atoms with Crippen LogP contribution < -0.4 is 0 Å². The topological polar surface area (TPSA) is 67.4 Å². The maximum Gasteiger partial charge on any atom is 0.416 e. The van der Waals surface area contributed by atoms with Crippen molar-refractivity contribution < 1.29 is 22.5 Å². The molecule has 0 radical (unpaired) electrons. The van der Waals surface area contributed by atoms with Gasteiger partial charge in [0.2, 0.25) is 11.7 Å². The fourth-order valence-electron chi connectivity index (χ4n) is 4.53. The van der Waals surface area contributed by atoms with Gasteiger partial charge in [-0.15, -0.1) is 0 Å². The lowest BCUT2D eigenvalue weighted by molar-refractivity contribution is -0.137. The number of halogens is 3. The van der Waals surface area contributed by atoms with E-state index in [0.717, 1.165) is 29.1 Å². The van der Waals surface area contributed by atoms with E-state index in [1.54, 1.807) is 0 Å². The maximum absolute atomic E-state index is 13.1. The second-order valence-electron chi connectivity index (χ2n) is 8.91. The van der Waals surface area contributed by atoms with Crippen LogP contribution in [0.2, 0.25) is 0 Å². The number of hydrogen-bond acceptors (Lipinski definition) is 5. The van der Waals surface area contributed by atoms with E-state index in [9.17, 15) is 18.0 Å². The Morgan fingerprint density at radius 1 is 1.12 bits per heavy atom. The lowest BCUT2D eigenvalue weighted by Crippen LogP contribution is -2.48. The van der Waals surface area contributed by atoms with Gasteiger partial charge in [-0.1, -0.05) is 17.3 Å². The van der Waals surface area contributed by atoms with E-state index in [1.165, 1.54) is 12.1 Å². The van der Waals surface area contributed by atoms with Crippen molar-refractivity contribution >= 4 is 5.91 Å². The van der Waals surface area contributed by atoms with Gasteiger partial charge in [-0.25, -0.2) is 0 Å². The van der Waals surface area contributed by atoms with Crippen molar-refractivity contribution in [3.63, 3.8) is 0 Å². The Balaban J connectivity index is 1.37. The van der Waals surface area contributed by atoms with Gasteiger partial charge < -0.3 is 14.0 Å². The van der Waals surface area contributed by atoms with E-state index in [2.05, 4.69) is 33.5 Å². The van der Waals surface area contributed by atoms with Crippen molar-refractivity contribution in [3.8, 4) is 11.4 Å². The molecule has 2 aromatic heterocycles. The molecule has 0 bridgehead atoms. The molecule has 34 heavy (non-hydrogen) atoms. The summed E-state index contributed by atoms with van der Waals surface area (Å²) in [7, 11) is 0. The lowest BCUT2D eigenvalue weighted by atomic mass is 10.1. The normalized spacial score (nSPS) is 15.4. The standard InChI is InChI=1S/C24H28F3N5O2/c1-15(2)32-16(3)12-20(17(32)4)23(33)31-10-8-30(9-11-31)14-21-28-22(29-34-21)18-6-5-7-19(13-18)24(25,26)27/h5-7,12-13,15H,8-11,14H2,1-4H3. The van der Waals surface area contributed by atoms with Crippen molar-refractivity contribution in [3.05, 3.63) is 58.7 Å². The van der Waals surface area contributed by atoms with Crippen LogP contribution in [0.5, 0.6) is 0 Å². The molecule has 0 spiro atoms. The summed E-state index contributed by atoms with van der Waals surface area (Å²) in [6.45, 7) is 11.0. The minimum Gasteiger partial charge on any atom is -0.346 e. The van der Waals surface area contributed by atoms with Gasteiger partial charge in [0, 0.05) is 49.2 Å². The largest absolute Gasteiger partial charge is 0.416 e. The molecule has 3 aromatic rings. The number of piperazine rings is 1. The second-order valence-corrected chi connectivity index (χ2v) is 8.91. The second kappa shape index (κ2) is 9.25. The van der Waals surface area contributed by atoms with Gasteiger partial charge in [0.15, 0.2) is 0 Å². The lowest BCUT2D eigenvalue weighted by Gasteiger charge is -2.34. The zero-order valence-electron chi connectivity index (χ0n) is 19.7. The number of benzene rings is 1. The average Bonchev–Trinajstić information content (AvgIpc) is 3.37. The first-order valence-corrected chi connectivity index (χ1v) is 11.2. The number of carbonyl (C=O) groups excluding carboxylic acids is 1. The average molecular weight is 476 g/mol. The molecule has 1 aliphatic heterocycles. The molecule has 1 aromatic carbocycles. The molecule has 10 heteroatoms. The third-order valence-electron chi connectivity index (χ3n) is 6.17. The van der Waals surface area contributed by atoms with Crippen molar-refractivity contribution in [1.82, 2.24) is 24.5 Å². The van der Waals surface area contributed by atoms with Gasteiger partial charge in [-0.05, 0) is 45.9 Å². The molecular weight excluding hydrogens is 447 g/mol. The van der Waals surface area contributed by atoms with E-state index >= 15 is 0 Å². The summed E-state index contributed by atoms with van der Waals surface area (Å²) >= 11 is 0. The van der Waals surface area contributed by atoms with E-state index in [4.69, 9.17) is 4.52 Å². The number of carbonyl (C=O) groups is 1. The Bertz CT molecular complexity index is 1170. The molecule has 4 rings (SSSR count). The fourth-order valence-corrected chi connectivity index (χ4v) is 4.53. The molecule has 7 nitrogen and oxygen atoms in total. The molecular formula is C24H28F3N5O2. The van der Waals surface area contributed by atoms with E-state index in [0.29, 0.717) is 38.6 Å². The molecule has 0 N–H and O–H groups in total. The van der Waals surface area contributed by atoms with Crippen LogP contribution in [0, 0.1) is 13.8 Å². The third-order valence-corrected chi connectivity index (χ3v) is 6.17. The molecule has 0 aliphatic carbocycles. The summed E-state index contributed by atoms with van der Waals surface area (Å²) in [5.74, 6) is 0.479. The highest BCUT2D eigenvalue weighted by molar-refractivity contribution is 5.95. The van der Waals surface area contributed by atoms with E-state index in [1.807, 2.05) is 24.8 Å². The number of rotatable bonds is 5. The van der Waals surface area contributed by atoms with Crippen LogP contribution in [0.3, 0.4) is 0 Å². The quantitative estimate of drug-likeness (QED) is 0.535. The minimum absolute atomic E-state index is 0.0317. The highest BCUT2D eigenvalue weighted by Crippen LogP contribution is 2.31. The van der Waals surface area contributed by atoms with Crippen LogP contribution in [-0.4, -0.2) is 56.6 Å². The van der Waals surface area contributed by atoms with Crippen LogP contribution in [0.1, 0.15) is 53.1 Å². The van der Waals surface area contributed by atoms with Gasteiger partial charge in [-0.2, -0.15) is 18.2 Å². The number of alkyl halides is 3. The van der Waals surface area contributed by atoms with Gasteiger partial charge in [0.25, 0.3) is 5.91 Å². The van der Waals surface area contributed by atoms with Crippen LogP contribution in [-0.2, 0) is 12.7 Å². The van der Waals surface area contributed by atoms with Gasteiger partial charge in [-0.3, -0.25) is 9.69 Å². The summed E-state index contributed by atoms with van der Waals surface area (Å²) in [4.78, 5) is 21.3. The Hall–Kier alpha value is -3.14. The van der Waals surface area contributed by atoms with Crippen LogP contribution in [0.25, 0.3) is 11.4 Å². The van der Waals surface area contributed by atoms with E-state index < -0.39 is 11.7 Å². The van der Waals surface area contributed by atoms with Crippen molar-refractivity contribution in [2.24, 2.45) is 0 Å². The predicted molar refractivity (Wildman–Crippen MR) is 120 cm³/mol. The Morgan fingerprint density at radius 2 is 1.82 bits per heavy atom. The van der Waals surface area contributed by atoms with Gasteiger partial charge in [0.05, 0.1) is 17.7 Å². The Kier molecular flexibility index (Phi) is 6.53. The monoisotopic (exact) mass is 475 g/mol. The number of nitrogens with zero attached hydrogens (tertiary/aromatic N) is 5. The fraction of sp³-hybridized carbons (Fsp3) is 0.458. The Morgan fingerprint density at radius 3 is 2.44 bits per heavy atom. The third kappa shape index (κ3) is 4.86. The van der Waals surface area contributed by atoms with Crippen LogP contribution in [0.15, 0.2) is 34.9 Å². The molecule has 0 atom stereocenters. The number of aromatic nitrogens is 3. The smallest absolute Gasteiger partial charge is 0.346 e. The highest BCUT2D eigenvalue weighted by atomic mass is 19.4. The minimum atomic E-state index is -4.44. The van der Waals surface area contributed by atoms with Crippen LogP contribution >= 0.6 is 0 Å².